The number of imidazole rings is 1. The molecular formula is C21H19F3N4OS. The minimum absolute atomic E-state index is 0.0756. The normalized spacial score (nSPS) is 12.0. The molecule has 4 aromatic rings. The first-order valence-electron chi connectivity index (χ1n) is 9.58. The van der Waals surface area contributed by atoms with Gasteiger partial charge in [-0.25, -0.2) is 9.97 Å². The van der Waals surface area contributed by atoms with Crippen molar-refractivity contribution in [1.82, 2.24) is 14.5 Å². The van der Waals surface area contributed by atoms with Crippen molar-refractivity contribution in [2.45, 2.75) is 39.4 Å². The van der Waals surface area contributed by atoms with Crippen molar-refractivity contribution in [3.63, 3.8) is 0 Å². The van der Waals surface area contributed by atoms with E-state index >= 15 is 0 Å². The molecule has 0 saturated carbocycles. The fraction of sp³-hybridized carbons (Fsp3) is 0.286. The maximum Gasteiger partial charge on any atom is 0.416 e. The fourth-order valence-corrected chi connectivity index (χ4v) is 4.24. The van der Waals surface area contributed by atoms with Gasteiger partial charge in [0.15, 0.2) is 10.9 Å². The highest BCUT2D eigenvalue weighted by Gasteiger charge is 2.30. The van der Waals surface area contributed by atoms with Crippen LogP contribution in [0.2, 0.25) is 0 Å². The molecule has 0 amide bonds. The van der Waals surface area contributed by atoms with Crippen LogP contribution in [-0.2, 0) is 12.7 Å². The molecule has 0 unspecified atom stereocenters. The maximum atomic E-state index is 13.0. The molecule has 0 radical (unpaired) electrons. The summed E-state index contributed by atoms with van der Waals surface area (Å²) in [6.07, 6.45) is -3.13. The minimum Gasteiger partial charge on any atom is -0.310 e. The van der Waals surface area contributed by atoms with Gasteiger partial charge in [0.05, 0.1) is 26.8 Å². The monoisotopic (exact) mass is 432 g/mol. The van der Waals surface area contributed by atoms with E-state index in [0.29, 0.717) is 45.3 Å². The molecular weight excluding hydrogens is 413 g/mol. The van der Waals surface area contributed by atoms with Gasteiger partial charge in [0.1, 0.15) is 0 Å². The molecule has 0 bridgehead atoms. The second kappa shape index (κ2) is 7.71. The number of aromatic nitrogens is 3. The van der Waals surface area contributed by atoms with Crippen molar-refractivity contribution in [1.29, 1.82) is 0 Å². The van der Waals surface area contributed by atoms with Crippen molar-refractivity contribution in [2.24, 2.45) is 0 Å². The third-order valence-corrected chi connectivity index (χ3v) is 5.73. The number of carbonyl (C=O) groups is 1. The van der Waals surface area contributed by atoms with Gasteiger partial charge in [-0.1, -0.05) is 18.3 Å². The van der Waals surface area contributed by atoms with Crippen LogP contribution < -0.4 is 5.32 Å². The van der Waals surface area contributed by atoms with E-state index in [2.05, 4.69) is 15.3 Å². The summed E-state index contributed by atoms with van der Waals surface area (Å²) in [5, 5.41) is 3.58. The summed E-state index contributed by atoms with van der Waals surface area (Å²) < 4.78 is 41.3. The Labute approximate surface area is 174 Å². The zero-order chi connectivity index (χ0) is 21.5. The Hall–Kier alpha value is -2.94. The van der Waals surface area contributed by atoms with E-state index in [1.54, 1.807) is 12.1 Å². The number of alkyl halides is 3. The van der Waals surface area contributed by atoms with E-state index < -0.39 is 11.7 Å². The predicted molar refractivity (Wildman–Crippen MR) is 113 cm³/mol. The molecule has 0 saturated heterocycles. The van der Waals surface area contributed by atoms with Crippen LogP contribution >= 0.6 is 11.3 Å². The molecule has 0 spiro atoms. The molecule has 4 rings (SSSR count). The average molecular weight is 432 g/mol. The van der Waals surface area contributed by atoms with Crippen LogP contribution in [-0.4, -0.2) is 20.3 Å². The zero-order valence-electron chi connectivity index (χ0n) is 16.4. The van der Waals surface area contributed by atoms with Crippen LogP contribution in [0.15, 0.2) is 36.4 Å². The van der Waals surface area contributed by atoms with E-state index in [0.717, 1.165) is 35.4 Å². The maximum absolute atomic E-state index is 13.0. The van der Waals surface area contributed by atoms with Crippen LogP contribution in [0.25, 0.3) is 21.3 Å². The van der Waals surface area contributed by atoms with Crippen molar-refractivity contribution in [2.75, 3.05) is 5.32 Å². The number of thiazole rings is 1. The second-order valence-corrected chi connectivity index (χ2v) is 7.91. The summed E-state index contributed by atoms with van der Waals surface area (Å²) in [5.41, 5.74) is 1.96. The van der Waals surface area contributed by atoms with Crippen LogP contribution in [0.5, 0.6) is 0 Å². The smallest absolute Gasteiger partial charge is 0.310 e. The third kappa shape index (κ3) is 3.77. The Morgan fingerprint density at radius 1 is 1.10 bits per heavy atom. The van der Waals surface area contributed by atoms with E-state index in [1.807, 2.05) is 24.5 Å². The third-order valence-electron chi connectivity index (χ3n) is 4.80. The number of anilines is 2. The number of hydrogen-bond acceptors (Lipinski definition) is 5. The Balaban J connectivity index is 1.69. The Morgan fingerprint density at radius 2 is 1.90 bits per heavy atom. The topological polar surface area (TPSA) is 59.8 Å². The Bertz CT molecular complexity index is 1240. The predicted octanol–water partition coefficient (Wildman–Crippen LogP) is 6.41. The molecule has 0 fully saturated rings. The lowest BCUT2D eigenvalue weighted by Crippen LogP contribution is -2.03. The molecule has 2 aromatic heterocycles. The van der Waals surface area contributed by atoms with Gasteiger partial charge in [0.2, 0.25) is 5.95 Å². The molecule has 2 aromatic carbocycles. The summed E-state index contributed by atoms with van der Waals surface area (Å²) in [5.74, 6) is 0.606. The standard InChI is InChI=1S/C21H19F3N4OS/c1-3-5-17(29)12-6-9-16-15(10-12)25-19(28(16)4-2)27-20-26-14-8-7-13(21(22,23)24)11-18(14)30-20/h6-11H,3-5H2,1-2H3,(H,25,26,27). The fourth-order valence-electron chi connectivity index (χ4n) is 3.34. The summed E-state index contributed by atoms with van der Waals surface area (Å²) in [6.45, 7) is 4.56. The van der Waals surface area contributed by atoms with Crippen LogP contribution in [0.4, 0.5) is 24.3 Å². The molecule has 9 heteroatoms. The largest absolute Gasteiger partial charge is 0.416 e. The highest BCUT2D eigenvalue weighted by atomic mass is 32.1. The van der Waals surface area contributed by atoms with Crippen molar-refractivity contribution in [3.05, 3.63) is 47.5 Å². The lowest BCUT2D eigenvalue weighted by Gasteiger charge is -2.06. The molecule has 156 valence electrons. The quantitative estimate of drug-likeness (QED) is 0.358. The number of hydrogen-bond donors (Lipinski definition) is 1. The van der Waals surface area contributed by atoms with Crippen LogP contribution in [0.1, 0.15) is 42.6 Å². The van der Waals surface area contributed by atoms with Crippen molar-refractivity contribution < 1.29 is 18.0 Å². The first-order chi connectivity index (χ1) is 14.3. The average Bonchev–Trinajstić information content (AvgIpc) is 3.26. The van der Waals surface area contributed by atoms with E-state index in [-0.39, 0.29) is 5.78 Å². The number of rotatable bonds is 6. The van der Waals surface area contributed by atoms with Gasteiger partial charge >= 0.3 is 6.18 Å². The lowest BCUT2D eigenvalue weighted by atomic mass is 10.1. The van der Waals surface area contributed by atoms with Crippen molar-refractivity contribution in [3.8, 4) is 0 Å². The van der Waals surface area contributed by atoms with Crippen LogP contribution in [0.3, 0.4) is 0 Å². The highest BCUT2D eigenvalue weighted by Crippen LogP contribution is 2.35. The highest BCUT2D eigenvalue weighted by molar-refractivity contribution is 7.22. The van der Waals surface area contributed by atoms with Gasteiger partial charge in [0, 0.05) is 18.5 Å². The molecule has 0 aliphatic carbocycles. The summed E-state index contributed by atoms with van der Waals surface area (Å²) >= 11 is 1.14. The SMILES string of the molecule is CCCC(=O)c1ccc2c(c1)nc(Nc1nc3ccc(C(F)(F)F)cc3s1)n2CC. The first kappa shape index (κ1) is 20.3. The Morgan fingerprint density at radius 3 is 2.60 bits per heavy atom. The number of ketones is 1. The number of Topliss-reactive ketones (excluding diaryl/α,β-unsaturated/α-hetero) is 1. The number of nitrogens with zero attached hydrogens (tertiary/aromatic N) is 3. The first-order valence-corrected chi connectivity index (χ1v) is 10.4. The number of fused-ring (bicyclic) bond motifs is 2. The summed E-state index contributed by atoms with van der Waals surface area (Å²) in [7, 11) is 0. The van der Waals surface area contributed by atoms with Crippen LogP contribution in [0, 0.1) is 0 Å². The van der Waals surface area contributed by atoms with Gasteiger partial charge in [-0.05, 0) is 49.7 Å². The van der Waals surface area contributed by atoms with Crippen molar-refractivity contribution >= 4 is 49.4 Å². The number of halogens is 3. The summed E-state index contributed by atoms with van der Waals surface area (Å²) in [4.78, 5) is 21.2. The molecule has 0 aliphatic rings. The molecule has 0 aliphatic heterocycles. The van der Waals surface area contributed by atoms with E-state index in [4.69, 9.17) is 0 Å². The zero-order valence-corrected chi connectivity index (χ0v) is 17.2. The molecule has 1 N–H and O–H groups in total. The van der Waals surface area contributed by atoms with Gasteiger partial charge in [-0.15, -0.1) is 0 Å². The van der Waals surface area contributed by atoms with E-state index in [1.165, 1.54) is 6.07 Å². The summed E-state index contributed by atoms with van der Waals surface area (Å²) in [6, 6.07) is 8.95. The number of aryl methyl sites for hydroxylation is 1. The van der Waals surface area contributed by atoms with E-state index in [9.17, 15) is 18.0 Å². The number of carbonyl (C=O) groups excluding carboxylic acids is 1. The minimum atomic E-state index is -4.39. The Kier molecular flexibility index (Phi) is 5.23. The number of benzene rings is 2. The van der Waals surface area contributed by atoms with Gasteiger partial charge < -0.3 is 9.88 Å². The lowest BCUT2D eigenvalue weighted by molar-refractivity contribution is -0.137. The number of nitrogens with one attached hydrogen (secondary N) is 1. The molecule has 5 nitrogen and oxygen atoms in total. The molecule has 2 heterocycles. The second-order valence-electron chi connectivity index (χ2n) is 6.88. The molecule has 30 heavy (non-hydrogen) atoms. The van der Waals surface area contributed by atoms with Gasteiger partial charge in [0.25, 0.3) is 0 Å². The van der Waals surface area contributed by atoms with Gasteiger partial charge in [-0.2, -0.15) is 13.2 Å². The molecule has 0 atom stereocenters. The van der Waals surface area contributed by atoms with Gasteiger partial charge in [-0.3, -0.25) is 4.79 Å².